The monoisotopic (exact) mass is 326 g/mol. The van der Waals surface area contributed by atoms with E-state index in [9.17, 15) is 24.6 Å². The number of carbonyl (C=O) groups is 3. The van der Waals surface area contributed by atoms with E-state index in [-0.39, 0.29) is 31.0 Å². The van der Waals surface area contributed by atoms with E-state index in [2.05, 4.69) is 6.92 Å². The largest absolute Gasteiger partial charge is 0.480 e. The molecule has 7 heteroatoms. The highest BCUT2D eigenvalue weighted by atomic mass is 16.4. The van der Waals surface area contributed by atoms with Gasteiger partial charge in [-0.2, -0.15) is 0 Å². The maximum atomic E-state index is 12.4. The van der Waals surface area contributed by atoms with E-state index in [0.29, 0.717) is 12.3 Å². The molecule has 2 atom stereocenters. The molecule has 1 aliphatic heterocycles. The number of aliphatic carboxylic acids is 1. The fourth-order valence-electron chi connectivity index (χ4n) is 3.87. The van der Waals surface area contributed by atoms with Gasteiger partial charge in [0, 0.05) is 25.4 Å². The third kappa shape index (κ3) is 3.76. The Balaban J connectivity index is 2.18. The van der Waals surface area contributed by atoms with Gasteiger partial charge in [-0.25, -0.2) is 9.59 Å². The first-order chi connectivity index (χ1) is 10.8. The van der Waals surface area contributed by atoms with E-state index in [1.54, 1.807) is 11.8 Å². The number of carboxylic acid groups (broad SMARTS) is 2. The molecule has 2 fully saturated rings. The summed E-state index contributed by atoms with van der Waals surface area (Å²) in [6.45, 7) is 4.08. The average Bonchev–Trinajstić information content (AvgIpc) is 2.94. The van der Waals surface area contributed by atoms with Gasteiger partial charge in [0.1, 0.15) is 6.04 Å². The Kier molecular flexibility index (Phi) is 5.49. The third-order valence-corrected chi connectivity index (χ3v) is 5.17. The Morgan fingerprint density at radius 2 is 1.70 bits per heavy atom. The predicted molar refractivity (Wildman–Crippen MR) is 83.1 cm³/mol. The van der Waals surface area contributed by atoms with Crippen LogP contribution in [0.2, 0.25) is 0 Å². The molecule has 0 aromatic rings. The Morgan fingerprint density at radius 1 is 1.09 bits per heavy atom. The quantitative estimate of drug-likeness (QED) is 0.823. The zero-order valence-corrected chi connectivity index (χ0v) is 13.8. The molecule has 1 heterocycles. The highest BCUT2D eigenvalue weighted by Crippen LogP contribution is 2.32. The molecule has 0 radical (unpaired) electrons. The van der Waals surface area contributed by atoms with Gasteiger partial charge in [-0.05, 0) is 31.6 Å². The normalized spacial score (nSPS) is 31.0. The van der Waals surface area contributed by atoms with Gasteiger partial charge in [-0.1, -0.05) is 13.8 Å². The minimum absolute atomic E-state index is 0.00840. The van der Waals surface area contributed by atoms with Crippen molar-refractivity contribution in [3.05, 3.63) is 0 Å². The molecule has 23 heavy (non-hydrogen) atoms. The molecule has 1 saturated carbocycles. The Bertz CT molecular complexity index is 451. The van der Waals surface area contributed by atoms with Gasteiger partial charge in [0.15, 0.2) is 0 Å². The molecule has 2 rings (SSSR count). The molecule has 7 nitrogen and oxygen atoms in total. The third-order valence-electron chi connectivity index (χ3n) is 5.17. The van der Waals surface area contributed by atoms with Crippen LogP contribution in [0.3, 0.4) is 0 Å². The summed E-state index contributed by atoms with van der Waals surface area (Å²) in [4.78, 5) is 37.8. The van der Waals surface area contributed by atoms with Crippen molar-refractivity contribution < 1.29 is 24.6 Å². The number of hydrogen-bond acceptors (Lipinski definition) is 3. The van der Waals surface area contributed by atoms with Gasteiger partial charge < -0.3 is 15.1 Å². The number of carbonyl (C=O) groups excluding carboxylic acids is 1. The van der Waals surface area contributed by atoms with Crippen LogP contribution in [0.4, 0.5) is 4.79 Å². The van der Waals surface area contributed by atoms with Gasteiger partial charge in [0.2, 0.25) is 5.91 Å². The molecular weight excluding hydrogens is 300 g/mol. The number of rotatable bonds is 4. The molecule has 2 aliphatic rings. The molecule has 1 saturated heterocycles. The summed E-state index contributed by atoms with van der Waals surface area (Å²) in [5.74, 6) is -0.502. The van der Waals surface area contributed by atoms with Crippen LogP contribution in [-0.2, 0) is 9.59 Å². The first kappa shape index (κ1) is 17.6. The molecule has 0 aromatic carbocycles. The minimum Gasteiger partial charge on any atom is -0.480 e. The summed E-state index contributed by atoms with van der Waals surface area (Å²) >= 11 is 0. The first-order valence-corrected chi connectivity index (χ1v) is 8.38. The van der Waals surface area contributed by atoms with E-state index in [1.165, 1.54) is 0 Å². The van der Waals surface area contributed by atoms with Crippen LogP contribution >= 0.6 is 0 Å². The highest BCUT2D eigenvalue weighted by Gasteiger charge is 2.44. The SMILES string of the molecule is CCC(=O)N(C1CCC(C)CC1)[C@H]1C[C@@H](C(=O)O)N(C(=O)O)C1. The Hall–Kier alpha value is -1.79. The molecule has 130 valence electrons. The lowest BCUT2D eigenvalue weighted by molar-refractivity contribution is -0.142. The van der Waals surface area contributed by atoms with Gasteiger partial charge >= 0.3 is 12.1 Å². The minimum atomic E-state index is -1.24. The molecule has 2 N–H and O–H groups in total. The summed E-state index contributed by atoms with van der Waals surface area (Å²) in [6, 6.07) is -1.29. The van der Waals surface area contributed by atoms with Crippen LogP contribution in [0, 0.1) is 5.92 Å². The fraction of sp³-hybridized carbons (Fsp3) is 0.812. The van der Waals surface area contributed by atoms with Gasteiger partial charge in [-0.15, -0.1) is 0 Å². The summed E-state index contributed by atoms with van der Waals surface area (Å²) < 4.78 is 0. The lowest BCUT2D eigenvalue weighted by atomic mass is 9.85. The zero-order chi connectivity index (χ0) is 17.1. The van der Waals surface area contributed by atoms with E-state index in [4.69, 9.17) is 0 Å². The number of carboxylic acids is 1. The van der Waals surface area contributed by atoms with Crippen molar-refractivity contribution in [2.75, 3.05) is 6.54 Å². The van der Waals surface area contributed by atoms with E-state index < -0.39 is 18.1 Å². The van der Waals surface area contributed by atoms with Crippen LogP contribution < -0.4 is 0 Å². The van der Waals surface area contributed by atoms with Gasteiger partial charge in [0.25, 0.3) is 0 Å². The van der Waals surface area contributed by atoms with Crippen molar-refractivity contribution in [3.63, 3.8) is 0 Å². The predicted octanol–water partition coefficient (Wildman–Crippen LogP) is 2.01. The van der Waals surface area contributed by atoms with Crippen LogP contribution in [0.25, 0.3) is 0 Å². The molecule has 1 aliphatic carbocycles. The summed E-state index contributed by atoms with van der Waals surface area (Å²) in [6.07, 6.45) is 3.22. The van der Waals surface area contributed by atoms with Crippen LogP contribution in [-0.4, -0.2) is 62.7 Å². The second-order valence-electron chi connectivity index (χ2n) is 6.75. The second kappa shape index (κ2) is 7.19. The number of hydrogen-bond donors (Lipinski definition) is 2. The van der Waals surface area contributed by atoms with Crippen LogP contribution in [0.15, 0.2) is 0 Å². The molecule has 0 bridgehead atoms. The zero-order valence-electron chi connectivity index (χ0n) is 13.8. The lowest BCUT2D eigenvalue weighted by Crippen LogP contribution is -2.49. The van der Waals surface area contributed by atoms with Crippen molar-refractivity contribution >= 4 is 18.0 Å². The maximum Gasteiger partial charge on any atom is 0.408 e. The number of amides is 2. The molecule has 2 amide bonds. The summed E-state index contributed by atoms with van der Waals surface area (Å²) in [7, 11) is 0. The van der Waals surface area contributed by atoms with Gasteiger partial charge in [-0.3, -0.25) is 9.69 Å². The maximum absolute atomic E-state index is 12.4. The molecule has 0 unspecified atom stereocenters. The average molecular weight is 326 g/mol. The summed E-state index contributed by atoms with van der Waals surface area (Å²) in [5, 5.41) is 18.5. The van der Waals surface area contributed by atoms with Crippen LogP contribution in [0.1, 0.15) is 52.4 Å². The first-order valence-electron chi connectivity index (χ1n) is 8.38. The molecule has 0 spiro atoms. The van der Waals surface area contributed by atoms with E-state index >= 15 is 0 Å². The van der Waals surface area contributed by atoms with Crippen molar-refractivity contribution in [2.24, 2.45) is 5.92 Å². The topological polar surface area (TPSA) is 98.2 Å². The fourth-order valence-corrected chi connectivity index (χ4v) is 3.87. The highest BCUT2D eigenvalue weighted by molar-refractivity contribution is 5.81. The summed E-state index contributed by atoms with van der Waals surface area (Å²) in [5.41, 5.74) is 0. The lowest BCUT2D eigenvalue weighted by Gasteiger charge is -2.39. The standard InChI is InChI=1S/C16H26N2O5/c1-3-14(19)18(11-6-4-10(2)5-7-11)12-8-13(15(20)21)17(9-12)16(22)23/h10-13H,3-9H2,1-2H3,(H,20,21)(H,22,23)/t10?,11?,12-,13-/m0/s1. The van der Waals surface area contributed by atoms with Crippen LogP contribution in [0.5, 0.6) is 0 Å². The van der Waals surface area contributed by atoms with E-state index in [0.717, 1.165) is 30.6 Å². The van der Waals surface area contributed by atoms with Crippen molar-refractivity contribution in [2.45, 2.75) is 70.5 Å². The smallest absolute Gasteiger partial charge is 0.408 e. The Labute approximate surface area is 136 Å². The van der Waals surface area contributed by atoms with Gasteiger partial charge in [0.05, 0.1) is 6.04 Å². The van der Waals surface area contributed by atoms with Crippen molar-refractivity contribution in [1.82, 2.24) is 9.80 Å². The molecular formula is C16H26N2O5. The number of nitrogens with zero attached hydrogens (tertiary/aromatic N) is 2. The van der Waals surface area contributed by atoms with E-state index in [1.807, 2.05) is 0 Å². The molecule has 0 aromatic heterocycles. The van der Waals surface area contributed by atoms with Crippen molar-refractivity contribution in [3.8, 4) is 0 Å². The van der Waals surface area contributed by atoms with Crippen molar-refractivity contribution in [1.29, 1.82) is 0 Å². The second-order valence-corrected chi connectivity index (χ2v) is 6.75. The Morgan fingerprint density at radius 3 is 2.13 bits per heavy atom. The number of likely N-dealkylation sites (tertiary alicyclic amines) is 1.